The lowest BCUT2D eigenvalue weighted by Crippen LogP contribution is -2.19. The highest BCUT2D eigenvalue weighted by Crippen LogP contribution is 2.41. The van der Waals surface area contributed by atoms with E-state index in [1.165, 1.54) is 23.1 Å². The predicted octanol–water partition coefficient (Wildman–Crippen LogP) is 2.60. The number of rotatable bonds is 2. The molecule has 1 aromatic heterocycles. The molecule has 0 spiro atoms. The van der Waals surface area contributed by atoms with Crippen molar-refractivity contribution in [1.29, 1.82) is 0 Å². The van der Waals surface area contributed by atoms with Crippen LogP contribution in [0.2, 0.25) is 5.02 Å². The van der Waals surface area contributed by atoms with Gasteiger partial charge in [-0.2, -0.15) is 0 Å². The van der Waals surface area contributed by atoms with Gasteiger partial charge in [0.15, 0.2) is 4.34 Å². The number of nitrogens with two attached hydrogens (primary N) is 1. The summed E-state index contributed by atoms with van der Waals surface area (Å²) in [6.07, 6.45) is 0. The van der Waals surface area contributed by atoms with Crippen LogP contribution >= 0.6 is 34.7 Å². The molecule has 1 aliphatic rings. The van der Waals surface area contributed by atoms with Crippen molar-refractivity contribution in [2.45, 2.75) is 22.2 Å². The number of nitrogens with one attached hydrogen (secondary N) is 1. The predicted molar refractivity (Wildman–Crippen MR) is 75.8 cm³/mol. The van der Waals surface area contributed by atoms with E-state index in [2.05, 4.69) is 15.5 Å². The van der Waals surface area contributed by atoms with Crippen LogP contribution in [0.15, 0.2) is 21.4 Å². The van der Waals surface area contributed by atoms with Crippen LogP contribution in [0.4, 0.5) is 5.69 Å². The molecule has 2 heterocycles. The number of benzene rings is 1. The molecule has 1 aliphatic heterocycles. The lowest BCUT2D eigenvalue weighted by Gasteiger charge is -2.06. The van der Waals surface area contributed by atoms with Crippen LogP contribution in [0.5, 0.6) is 0 Å². The average Bonchev–Trinajstić information content (AvgIpc) is 2.87. The van der Waals surface area contributed by atoms with Crippen molar-refractivity contribution >= 4 is 46.3 Å². The van der Waals surface area contributed by atoms with Crippen molar-refractivity contribution in [3.8, 4) is 0 Å². The summed E-state index contributed by atoms with van der Waals surface area (Å²) in [4.78, 5) is 12.3. The lowest BCUT2D eigenvalue weighted by molar-refractivity contribution is -0.116. The smallest absolute Gasteiger partial charge is 0.245 e. The summed E-state index contributed by atoms with van der Waals surface area (Å²) in [6.45, 7) is 1.89. The molecule has 3 rings (SSSR count). The normalized spacial score (nSPS) is 17.4. The fraction of sp³-hybridized carbons (Fsp3) is 0.182. The topological polar surface area (TPSA) is 80.9 Å². The van der Waals surface area contributed by atoms with Gasteiger partial charge in [-0.3, -0.25) is 4.79 Å². The third kappa shape index (κ3) is 2.34. The average molecular weight is 313 g/mol. The molecule has 1 aromatic carbocycles. The number of amides is 1. The standard InChI is InChI=1S/C11H9ClN4OS2/c1-4-15-16-11(18-4)19-8-3-7-5(2-6(8)12)9(13)10(17)14-7/h2-3,9H,13H2,1H3,(H,14,17). The Morgan fingerprint density at radius 1 is 1.47 bits per heavy atom. The quantitative estimate of drug-likeness (QED) is 0.891. The van der Waals surface area contributed by atoms with E-state index in [9.17, 15) is 4.79 Å². The molecule has 5 nitrogen and oxygen atoms in total. The van der Waals surface area contributed by atoms with E-state index in [0.29, 0.717) is 10.7 Å². The fourth-order valence-corrected chi connectivity index (χ4v) is 3.88. The monoisotopic (exact) mass is 312 g/mol. The maximum atomic E-state index is 11.5. The molecule has 0 fully saturated rings. The molecule has 1 amide bonds. The van der Waals surface area contributed by atoms with Crippen molar-refractivity contribution in [3.63, 3.8) is 0 Å². The van der Waals surface area contributed by atoms with Crippen molar-refractivity contribution in [1.82, 2.24) is 10.2 Å². The van der Waals surface area contributed by atoms with Crippen molar-refractivity contribution in [2.24, 2.45) is 5.73 Å². The van der Waals surface area contributed by atoms with Crippen molar-refractivity contribution in [3.05, 3.63) is 27.7 Å². The first kappa shape index (κ1) is 12.9. The van der Waals surface area contributed by atoms with Crippen LogP contribution < -0.4 is 11.1 Å². The molecule has 0 radical (unpaired) electrons. The molecule has 1 unspecified atom stereocenters. The van der Waals surface area contributed by atoms with Gasteiger partial charge >= 0.3 is 0 Å². The molecule has 98 valence electrons. The Morgan fingerprint density at radius 3 is 2.95 bits per heavy atom. The van der Waals surface area contributed by atoms with Crippen LogP contribution in [0.25, 0.3) is 0 Å². The van der Waals surface area contributed by atoms with E-state index >= 15 is 0 Å². The third-order valence-corrected chi connectivity index (χ3v) is 5.06. The summed E-state index contributed by atoms with van der Waals surface area (Å²) in [6, 6.07) is 2.91. The molecular weight excluding hydrogens is 304 g/mol. The molecule has 0 aliphatic carbocycles. The highest BCUT2D eigenvalue weighted by Gasteiger charge is 2.28. The van der Waals surface area contributed by atoms with E-state index in [1.807, 2.05) is 13.0 Å². The second-order valence-corrected chi connectivity index (χ2v) is 6.90. The molecule has 0 saturated heterocycles. The summed E-state index contributed by atoms with van der Waals surface area (Å²) in [5.74, 6) is -0.208. The number of nitrogens with zero attached hydrogens (tertiary/aromatic N) is 2. The Bertz CT molecular complexity index is 673. The second-order valence-electron chi connectivity index (χ2n) is 4.03. The van der Waals surface area contributed by atoms with Gasteiger partial charge < -0.3 is 11.1 Å². The summed E-state index contributed by atoms with van der Waals surface area (Å²) in [5.41, 5.74) is 7.21. The SMILES string of the molecule is Cc1nnc(Sc2cc3c(cc2Cl)C(N)C(=O)N3)s1. The highest BCUT2D eigenvalue weighted by molar-refractivity contribution is 8.01. The number of hydrogen-bond donors (Lipinski definition) is 2. The summed E-state index contributed by atoms with van der Waals surface area (Å²) >= 11 is 9.14. The highest BCUT2D eigenvalue weighted by atomic mass is 35.5. The number of fused-ring (bicyclic) bond motifs is 1. The first-order valence-electron chi connectivity index (χ1n) is 5.42. The molecule has 0 bridgehead atoms. The van der Waals surface area contributed by atoms with E-state index < -0.39 is 6.04 Å². The molecule has 0 saturated carbocycles. The second kappa shape index (κ2) is 4.75. The lowest BCUT2D eigenvalue weighted by atomic mass is 10.1. The molecule has 8 heteroatoms. The van der Waals surface area contributed by atoms with Crippen LogP contribution in [-0.2, 0) is 4.79 Å². The Kier molecular flexibility index (Phi) is 3.22. The van der Waals surface area contributed by atoms with Crippen LogP contribution in [0.1, 0.15) is 16.6 Å². The first-order chi connectivity index (χ1) is 9.04. The van der Waals surface area contributed by atoms with Gasteiger partial charge in [0.25, 0.3) is 0 Å². The fourth-order valence-electron chi connectivity index (χ4n) is 1.78. The van der Waals surface area contributed by atoms with Gasteiger partial charge in [-0.1, -0.05) is 34.7 Å². The summed E-state index contributed by atoms with van der Waals surface area (Å²) < 4.78 is 0.813. The molecule has 1 atom stereocenters. The van der Waals surface area contributed by atoms with E-state index in [0.717, 1.165) is 19.8 Å². The molecule has 19 heavy (non-hydrogen) atoms. The number of anilines is 1. The van der Waals surface area contributed by atoms with E-state index in [-0.39, 0.29) is 5.91 Å². The Morgan fingerprint density at radius 2 is 2.26 bits per heavy atom. The maximum Gasteiger partial charge on any atom is 0.245 e. The van der Waals surface area contributed by atoms with Gasteiger partial charge in [-0.05, 0) is 19.1 Å². The van der Waals surface area contributed by atoms with Crippen LogP contribution in [-0.4, -0.2) is 16.1 Å². The van der Waals surface area contributed by atoms with Gasteiger partial charge in [0.2, 0.25) is 5.91 Å². The van der Waals surface area contributed by atoms with Gasteiger partial charge in [-0.15, -0.1) is 10.2 Å². The largest absolute Gasteiger partial charge is 0.324 e. The van der Waals surface area contributed by atoms with Gasteiger partial charge in [0.05, 0.1) is 5.02 Å². The van der Waals surface area contributed by atoms with Gasteiger partial charge in [-0.25, -0.2) is 0 Å². The summed E-state index contributed by atoms with van der Waals surface area (Å²) in [5, 5.41) is 12.2. The van der Waals surface area contributed by atoms with Gasteiger partial charge in [0.1, 0.15) is 11.0 Å². The third-order valence-electron chi connectivity index (χ3n) is 2.68. The minimum atomic E-state index is -0.643. The van der Waals surface area contributed by atoms with Crippen molar-refractivity contribution in [2.75, 3.05) is 5.32 Å². The van der Waals surface area contributed by atoms with Crippen molar-refractivity contribution < 1.29 is 4.79 Å². The number of carbonyl (C=O) groups is 1. The number of aromatic nitrogens is 2. The summed E-state index contributed by atoms with van der Waals surface area (Å²) in [7, 11) is 0. The Balaban J connectivity index is 1.96. The Labute approximate surface area is 122 Å². The molecular formula is C11H9ClN4OS2. The minimum absolute atomic E-state index is 0.208. The van der Waals surface area contributed by atoms with E-state index in [1.54, 1.807) is 6.07 Å². The van der Waals surface area contributed by atoms with E-state index in [4.69, 9.17) is 17.3 Å². The number of aryl methyl sites for hydroxylation is 1. The first-order valence-corrected chi connectivity index (χ1v) is 7.43. The number of halogens is 1. The zero-order valence-corrected chi connectivity index (χ0v) is 12.2. The van der Waals surface area contributed by atoms with Crippen LogP contribution in [0, 0.1) is 6.92 Å². The maximum absolute atomic E-state index is 11.5. The van der Waals surface area contributed by atoms with Crippen LogP contribution in [0.3, 0.4) is 0 Å². The number of carbonyl (C=O) groups excluding carboxylic acids is 1. The minimum Gasteiger partial charge on any atom is -0.324 e. The number of hydrogen-bond acceptors (Lipinski definition) is 6. The zero-order valence-electron chi connectivity index (χ0n) is 9.81. The van der Waals surface area contributed by atoms with Gasteiger partial charge in [0, 0.05) is 16.1 Å². The zero-order chi connectivity index (χ0) is 13.6. The Hall–Kier alpha value is -1.15. The molecule has 2 aromatic rings. The molecule has 3 N–H and O–H groups in total.